The molecule has 0 aliphatic carbocycles. The van der Waals surface area contributed by atoms with Gasteiger partial charge in [0.05, 0.1) is 8.95 Å². The number of ether oxygens (including phenoxy) is 2. The average molecular weight is 401 g/mol. The van der Waals surface area contributed by atoms with E-state index in [4.69, 9.17) is 15.2 Å². The van der Waals surface area contributed by atoms with E-state index in [0.29, 0.717) is 31.9 Å². The molecule has 0 unspecified atom stereocenters. The minimum Gasteiger partial charge on any atom is -0.455 e. The Morgan fingerprint density at radius 1 is 1.05 bits per heavy atom. The van der Waals surface area contributed by atoms with Crippen LogP contribution in [0, 0.1) is 0 Å². The first-order valence-corrected chi connectivity index (χ1v) is 7.25. The van der Waals surface area contributed by atoms with Crippen LogP contribution in [0.5, 0.6) is 17.2 Å². The van der Waals surface area contributed by atoms with E-state index in [2.05, 4.69) is 31.9 Å². The molecule has 0 atom stereocenters. The third kappa shape index (κ3) is 3.74. The van der Waals surface area contributed by atoms with Gasteiger partial charge < -0.3 is 15.2 Å². The van der Waals surface area contributed by atoms with Crippen molar-refractivity contribution in [2.24, 2.45) is 0 Å². The van der Waals surface area contributed by atoms with E-state index in [-0.39, 0.29) is 5.97 Å². The Morgan fingerprint density at radius 2 is 1.60 bits per heavy atom. The highest BCUT2D eigenvalue weighted by Gasteiger charge is 2.12. The molecule has 0 aliphatic rings. The maximum absolute atomic E-state index is 10.9. The Bertz CT molecular complexity index is 618. The van der Waals surface area contributed by atoms with Gasteiger partial charge in [-0.05, 0) is 68.3 Å². The van der Waals surface area contributed by atoms with E-state index in [9.17, 15) is 4.79 Å². The number of nitrogen functional groups attached to an aromatic ring is 1. The summed E-state index contributed by atoms with van der Waals surface area (Å²) in [5.74, 6) is 1.29. The van der Waals surface area contributed by atoms with Crippen molar-refractivity contribution >= 4 is 43.5 Å². The number of nitrogens with two attached hydrogens (primary N) is 1. The van der Waals surface area contributed by atoms with Crippen LogP contribution in [0.25, 0.3) is 0 Å². The molecule has 0 aromatic heterocycles. The van der Waals surface area contributed by atoms with Crippen molar-refractivity contribution in [1.82, 2.24) is 0 Å². The number of rotatable bonds is 3. The van der Waals surface area contributed by atoms with Gasteiger partial charge in [0.2, 0.25) is 0 Å². The van der Waals surface area contributed by atoms with Crippen molar-refractivity contribution in [3.8, 4) is 17.2 Å². The number of hydrogen-bond acceptors (Lipinski definition) is 4. The van der Waals surface area contributed by atoms with Crippen molar-refractivity contribution in [3.05, 3.63) is 45.3 Å². The van der Waals surface area contributed by atoms with Crippen LogP contribution in [-0.4, -0.2) is 5.97 Å². The van der Waals surface area contributed by atoms with E-state index < -0.39 is 0 Å². The summed E-state index contributed by atoms with van der Waals surface area (Å²) >= 11 is 6.78. The first-order chi connectivity index (χ1) is 9.45. The lowest BCUT2D eigenvalue weighted by Crippen LogP contribution is -2.01. The number of anilines is 1. The van der Waals surface area contributed by atoms with Crippen LogP contribution < -0.4 is 15.2 Å². The Morgan fingerprint density at radius 3 is 2.10 bits per heavy atom. The van der Waals surface area contributed by atoms with E-state index in [1.165, 1.54) is 6.92 Å². The summed E-state index contributed by atoms with van der Waals surface area (Å²) in [4.78, 5) is 10.9. The standard InChI is InChI=1S/C14H11Br2NO3/c1-8(18)19-11-6-12(15)14(13(16)7-11)20-10-4-2-9(17)3-5-10/h2-7H,17H2,1H3. The predicted molar refractivity (Wildman–Crippen MR) is 84.1 cm³/mol. The molecular formula is C14H11Br2NO3. The maximum Gasteiger partial charge on any atom is 0.308 e. The zero-order valence-corrected chi connectivity index (χ0v) is 13.7. The smallest absolute Gasteiger partial charge is 0.308 e. The predicted octanol–water partition coefficient (Wildman–Crippen LogP) is 4.51. The molecule has 0 bridgehead atoms. The fourth-order valence-corrected chi connectivity index (χ4v) is 2.82. The van der Waals surface area contributed by atoms with Crippen molar-refractivity contribution in [2.45, 2.75) is 6.92 Å². The third-order valence-electron chi connectivity index (χ3n) is 2.33. The number of hydrogen-bond donors (Lipinski definition) is 1. The highest BCUT2D eigenvalue weighted by atomic mass is 79.9. The van der Waals surface area contributed by atoms with Crippen LogP contribution in [0.1, 0.15) is 6.92 Å². The lowest BCUT2D eigenvalue weighted by molar-refractivity contribution is -0.131. The quantitative estimate of drug-likeness (QED) is 0.467. The first-order valence-electron chi connectivity index (χ1n) is 5.66. The van der Waals surface area contributed by atoms with Crippen LogP contribution in [0.3, 0.4) is 0 Å². The molecule has 2 N–H and O–H groups in total. The Hall–Kier alpha value is -1.53. The minimum absolute atomic E-state index is 0.379. The van der Waals surface area contributed by atoms with Gasteiger partial charge in [-0.3, -0.25) is 4.79 Å². The number of esters is 1. The van der Waals surface area contributed by atoms with Crippen molar-refractivity contribution < 1.29 is 14.3 Å². The third-order valence-corrected chi connectivity index (χ3v) is 3.51. The van der Waals surface area contributed by atoms with Gasteiger partial charge in [-0.2, -0.15) is 0 Å². The summed E-state index contributed by atoms with van der Waals surface area (Å²) in [6, 6.07) is 10.4. The second kappa shape index (κ2) is 6.28. The zero-order chi connectivity index (χ0) is 14.7. The topological polar surface area (TPSA) is 61.5 Å². The molecule has 4 nitrogen and oxygen atoms in total. The van der Waals surface area contributed by atoms with Crippen LogP contribution in [0.15, 0.2) is 45.3 Å². The van der Waals surface area contributed by atoms with Gasteiger partial charge in [0.15, 0.2) is 5.75 Å². The Kier molecular flexibility index (Phi) is 4.67. The Balaban J connectivity index is 2.28. The molecule has 6 heteroatoms. The maximum atomic E-state index is 10.9. The fraction of sp³-hybridized carbons (Fsp3) is 0.0714. The van der Waals surface area contributed by atoms with Crippen LogP contribution in [0.2, 0.25) is 0 Å². The molecule has 0 radical (unpaired) electrons. The van der Waals surface area contributed by atoms with Gasteiger partial charge in [0.25, 0.3) is 0 Å². The normalized spacial score (nSPS) is 10.2. The van der Waals surface area contributed by atoms with Gasteiger partial charge in [-0.15, -0.1) is 0 Å². The largest absolute Gasteiger partial charge is 0.455 e. The number of halogens is 2. The van der Waals surface area contributed by atoms with Crippen molar-refractivity contribution in [3.63, 3.8) is 0 Å². The van der Waals surface area contributed by atoms with Gasteiger partial charge in [0.1, 0.15) is 11.5 Å². The van der Waals surface area contributed by atoms with Gasteiger partial charge in [-0.1, -0.05) is 0 Å². The zero-order valence-electron chi connectivity index (χ0n) is 10.5. The minimum atomic E-state index is -0.379. The molecule has 2 rings (SSSR count). The lowest BCUT2D eigenvalue weighted by atomic mass is 10.3. The van der Waals surface area contributed by atoms with E-state index in [1.807, 2.05) is 0 Å². The number of benzene rings is 2. The molecule has 0 saturated carbocycles. The summed E-state index contributed by atoms with van der Waals surface area (Å²) in [5, 5.41) is 0. The summed E-state index contributed by atoms with van der Waals surface area (Å²) in [6.45, 7) is 1.35. The molecule has 0 heterocycles. The molecule has 20 heavy (non-hydrogen) atoms. The van der Waals surface area contributed by atoms with Crippen LogP contribution >= 0.6 is 31.9 Å². The lowest BCUT2D eigenvalue weighted by Gasteiger charge is -2.12. The van der Waals surface area contributed by atoms with Gasteiger partial charge in [0, 0.05) is 12.6 Å². The van der Waals surface area contributed by atoms with Crippen LogP contribution in [0.4, 0.5) is 5.69 Å². The first kappa shape index (κ1) is 14.9. The highest BCUT2D eigenvalue weighted by molar-refractivity contribution is 9.11. The van der Waals surface area contributed by atoms with Crippen molar-refractivity contribution in [2.75, 3.05) is 5.73 Å². The molecule has 0 aliphatic heterocycles. The second-order valence-corrected chi connectivity index (χ2v) is 5.69. The summed E-state index contributed by atoms with van der Waals surface area (Å²) in [6.07, 6.45) is 0. The van der Waals surface area contributed by atoms with E-state index in [1.54, 1.807) is 36.4 Å². The second-order valence-electron chi connectivity index (χ2n) is 3.98. The highest BCUT2D eigenvalue weighted by Crippen LogP contribution is 2.40. The molecule has 0 fully saturated rings. The SMILES string of the molecule is CC(=O)Oc1cc(Br)c(Oc2ccc(N)cc2)c(Br)c1. The summed E-state index contributed by atoms with van der Waals surface area (Å²) in [7, 11) is 0. The monoisotopic (exact) mass is 399 g/mol. The molecule has 2 aromatic carbocycles. The van der Waals surface area contributed by atoms with E-state index in [0.717, 1.165) is 0 Å². The molecule has 0 amide bonds. The molecule has 104 valence electrons. The van der Waals surface area contributed by atoms with Crippen LogP contribution in [-0.2, 0) is 4.79 Å². The molecular weight excluding hydrogens is 390 g/mol. The number of carbonyl (C=O) groups is 1. The average Bonchev–Trinajstić information content (AvgIpc) is 2.35. The molecule has 0 spiro atoms. The Labute approximate surface area is 133 Å². The van der Waals surface area contributed by atoms with Crippen molar-refractivity contribution in [1.29, 1.82) is 0 Å². The van der Waals surface area contributed by atoms with Gasteiger partial charge in [-0.25, -0.2) is 0 Å². The number of carbonyl (C=O) groups excluding carboxylic acids is 1. The van der Waals surface area contributed by atoms with E-state index >= 15 is 0 Å². The fourth-order valence-electron chi connectivity index (χ4n) is 1.51. The molecule has 2 aromatic rings. The molecule has 0 saturated heterocycles. The van der Waals surface area contributed by atoms with Gasteiger partial charge >= 0.3 is 5.97 Å². The summed E-state index contributed by atoms with van der Waals surface area (Å²) < 4.78 is 12.1. The summed E-state index contributed by atoms with van der Waals surface area (Å²) in [5.41, 5.74) is 6.29.